The molecule has 0 aromatic carbocycles. The van der Waals surface area contributed by atoms with Crippen LogP contribution in [-0.2, 0) is 0 Å². The molecule has 0 atom stereocenters. The Balaban J connectivity index is 2.25. The smallest absolute Gasteiger partial charge is 0.250 e. The second-order valence-electron chi connectivity index (χ2n) is 4.13. The molecule has 0 unspecified atom stereocenters. The van der Waals surface area contributed by atoms with E-state index < -0.39 is 0 Å². The summed E-state index contributed by atoms with van der Waals surface area (Å²) >= 11 is 0. The topological polar surface area (TPSA) is 49.0 Å². The first-order valence-corrected chi connectivity index (χ1v) is 5.56. The van der Waals surface area contributed by atoms with Crippen molar-refractivity contribution in [3.05, 3.63) is 34.9 Å². The number of aromatic nitrogens is 2. The number of aromatic amines is 1. The third-order valence-electron chi connectivity index (χ3n) is 3.07. The molecule has 1 fully saturated rings. The van der Waals surface area contributed by atoms with Gasteiger partial charge in [0.05, 0.1) is 17.4 Å². The molecule has 3 heterocycles. The van der Waals surface area contributed by atoms with Gasteiger partial charge in [-0.2, -0.15) is 0 Å². The molecule has 0 saturated carbocycles. The van der Waals surface area contributed by atoms with Gasteiger partial charge in [0.1, 0.15) is 0 Å². The summed E-state index contributed by atoms with van der Waals surface area (Å²) in [4.78, 5) is 20.7. The van der Waals surface area contributed by atoms with Crippen LogP contribution < -0.4 is 10.5 Å². The molecule has 1 N–H and O–H groups in total. The highest BCUT2D eigenvalue weighted by atomic mass is 16.1. The first kappa shape index (κ1) is 9.39. The first-order valence-electron chi connectivity index (χ1n) is 5.56. The van der Waals surface area contributed by atoms with Gasteiger partial charge in [-0.25, -0.2) is 0 Å². The van der Waals surface area contributed by atoms with Gasteiger partial charge >= 0.3 is 0 Å². The van der Waals surface area contributed by atoms with Crippen molar-refractivity contribution in [1.29, 1.82) is 0 Å². The summed E-state index contributed by atoms with van der Waals surface area (Å²) in [5, 5.41) is 1.08. The number of rotatable bonds is 1. The first-order chi connectivity index (χ1) is 7.84. The molecular formula is C12H13N3O. The molecule has 3 rings (SSSR count). The highest BCUT2D eigenvalue weighted by molar-refractivity contribution is 5.90. The molecule has 1 aliphatic rings. The highest BCUT2D eigenvalue weighted by Crippen LogP contribution is 2.25. The quantitative estimate of drug-likeness (QED) is 0.784. The zero-order valence-corrected chi connectivity index (χ0v) is 8.94. The van der Waals surface area contributed by atoms with E-state index in [9.17, 15) is 4.79 Å². The van der Waals surface area contributed by atoms with Gasteiger partial charge in [0.15, 0.2) is 0 Å². The van der Waals surface area contributed by atoms with Crippen LogP contribution in [-0.4, -0.2) is 23.1 Å². The van der Waals surface area contributed by atoms with Gasteiger partial charge in [-0.3, -0.25) is 9.78 Å². The van der Waals surface area contributed by atoms with Crippen LogP contribution in [0.2, 0.25) is 0 Å². The molecule has 0 radical (unpaired) electrons. The van der Waals surface area contributed by atoms with E-state index in [1.54, 1.807) is 18.5 Å². The molecule has 4 nitrogen and oxygen atoms in total. The summed E-state index contributed by atoms with van der Waals surface area (Å²) in [7, 11) is 0. The van der Waals surface area contributed by atoms with Gasteiger partial charge in [-0.1, -0.05) is 0 Å². The summed E-state index contributed by atoms with van der Waals surface area (Å²) in [6.45, 7) is 2.09. The SMILES string of the molecule is O=c1cc(N2CCCC2)c2ccncc2[nH]1. The maximum atomic E-state index is 11.6. The van der Waals surface area contributed by atoms with Crippen LogP contribution in [0.4, 0.5) is 5.69 Å². The van der Waals surface area contributed by atoms with Gasteiger partial charge in [0, 0.05) is 30.7 Å². The van der Waals surface area contributed by atoms with E-state index in [1.807, 2.05) is 6.07 Å². The van der Waals surface area contributed by atoms with Crippen LogP contribution in [0.1, 0.15) is 12.8 Å². The minimum Gasteiger partial charge on any atom is -0.371 e. The van der Waals surface area contributed by atoms with E-state index >= 15 is 0 Å². The number of nitrogens with zero attached hydrogens (tertiary/aromatic N) is 2. The largest absolute Gasteiger partial charge is 0.371 e. The minimum absolute atomic E-state index is 0.0533. The normalized spacial score (nSPS) is 15.9. The molecule has 16 heavy (non-hydrogen) atoms. The van der Waals surface area contributed by atoms with Crippen molar-refractivity contribution >= 4 is 16.6 Å². The Hall–Kier alpha value is -1.84. The molecule has 82 valence electrons. The Bertz CT molecular complexity index is 570. The summed E-state index contributed by atoms with van der Waals surface area (Å²) < 4.78 is 0. The number of pyridine rings is 2. The number of fused-ring (bicyclic) bond motifs is 1. The lowest BCUT2D eigenvalue weighted by Crippen LogP contribution is -2.20. The van der Waals surface area contributed by atoms with Crippen molar-refractivity contribution in [2.24, 2.45) is 0 Å². The van der Waals surface area contributed by atoms with Crippen molar-refractivity contribution in [2.45, 2.75) is 12.8 Å². The average molecular weight is 215 g/mol. The maximum absolute atomic E-state index is 11.6. The predicted octanol–water partition coefficient (Wildman–Crippen LogP) is 1.52. The number of anilines is 1. The third kappa shape index (κ3) is 1.46. The zero-order chi connectivity index (χ0) is 11.0. The minimum atomic E-state index is -0.0533. The molecule has 0 aliphatic carbocycles. The molecule has 1 aliphatic heterocycles. The lowest BCUT2D eigenvalue weighted by atomic mass is 10.2. The highest BCUT2D eigenvalue weighted by Gasteiger charge is 2.15. The van der Waals surface area contributed by atoms with Crippen LogP contribution in [0.15, 0.2) is 29.3 Å². The van der Waals surface area contributed by atoms with Crippen LogP contribution >= 0.6 is 0 Å². The van der Waals surface area contributed by atoms with E-state index in [1.165, 1.54) is 12.8 Å². The lowest BCUT2D eigenvalue weighted by molar-refractivity contribution is 0.949. The molecule has 0 spiro atoms. The predicted molar refractivity (Wildman–Crippen MR) is 63.8 cm³/mol. The second-order valence-corrected chi connectivity index (χ2v) is 4.13. The molecule has 1 saturated heterocycles. The van der Waals surface area contributed by atoms with E-state index in [2.05, 4.69) is 14.9 Å². The van der Waals surface area contributed by atoms with Crippen molar-refractivity contribution in [3.8, 4) is 0 Å². The van der Waals surface area contributed by atoms with Gasteiger partial charge in [-0.05, 0) is 18.9 Å². The van der Waals surface area contributed by atoms with Crippen molar-refractivity contribution in [1.82, 2.24) is 9.97 Å². The molecule has 2 aromatic rings. The zero-order valence-electron chi connectivity index (χ0n) is 8.94. The Morgan fingerprint density at radius 1 is 1.31 bits per heavy atom. The Morgan fingerprint density at radius 2 is 2.12 bits per heavy atom. The van der Waals surface area contributed by atoms with Gasteiger partial charge in [0.2, 0.25) is 0 Å². The molecule has 2 aromatic heterocycles. The molecular weight excluding hydrogens is 202 g/mol. The summed E-state index contributed by atoms with van der Waals surface area (Å²) in [5.74, 6) is 0. The van der Waals surface area contributed by atoms with Gasteiger partial charge < -0.3 is 9.88 Å². The van der Waals surface area contributed by atoms with Crippen molar-refractivity contribution in [3.63, 3.8) is 0 Å². The third-order valence-corrected chi connectivity index (χ3v) is 3.07. The van der Waals surface area contributed by atoms with E-state index in [0.29, 0.717) is 0 Å². The molecule has 0 amide bonds. The monoisotopic (exact) mass is 215 g/mol. The fraction of sp³-hybridized carbons (Fsp3) is 0.333. The van der Waals surface area contributed by atoms with Crippen LogP contribution in [0, 0.1) is 0 Å². The standard InChI is InChI=1S/C12H13N3O/c16-12-7-11(15-5-1-2-6-15)9-3-4-13-8-10(9)14-12/h3-4,7-8H,1-2,5-6H2,(H,14,16). The molecule has 4 heteroatoms. The summed E-state index contributed by atoms with van der Waals surface area (Å²) in [5.41, 5.74) is 1.80. The second kappa shape index (κ2) is 3.63. The maximum Gasteiger partial charge on any atom is 0.250 e. The Morgan fingerprint density at radius 3 is 2.94 bits per heavy atom. The van der Waals surface area contributed by atoms with Crippen molar-refractivity contribution < 1.29 is 0 Å². The van der Waals surface area contributed by atoms with E-state index in [-0.39, 0.29) is 5.56 Å². The molecule has 0 bridgehead atoms. The van der Waals surface area contributed by atoms with Crippen LogP contribution in [0.5, 0.6) is 0 Å². The number of H-pyrrole nitrogens is 1. The fourth-order valence-corrected chi connectivity index (χ4v) is 2.31. The van der Waals surface area contributed by atoms with Gasteiger partial charge in [-0.15, -0.1) is 0 Å². The van der Waals surface area contributed by atoms with Crippen LogP contribution in [0.3, 0.4) is 0 Å². The average Bonchev–Trinajstić information content (AvgIpc) is 2.81. The Kier molecular flexibility index (Phi) is 2.13. The number of nitrogens with one attached hydrogen (secondary N) is 1. The van der Waals surface area contributed by atoms with Gasteiger partial charge in [0.25, 0.3) is 5.56 Å². The summed E-state index contributed by atoms with van der Waals surface area (Å²) in [6.07, 6.45) is 5.88. The Labute approximate surface area is 92.9 Å². The number of hydrogen-bond donors (Lipinski definition) is 1. The van der Waals surface area contributed by atoms with Crippen molar-refractivity contribution in [2.75, 3.05) is 18.0 Å². The van der Waals surface area contributed by atoms with Crippen LogP contribution in [0.25, 0.3) is 10.9 Å². The fourth-order valence-electron chi connectivity index (χ4n) is 2.31. The number of hydrogen-bond acceptors (Lipinski definition) is 3. The van der Waals surface area contributed by atoms with E-state index in [0.717, 1.165) is 29.7 Å². The summed E-state index contributed by atoms with van der Waals surface area (Å²) in [6, 6.07) is 3.65. The van der Waals surface area contributed by atoms with E-state index in [4.69, 9.17) is 0 Å². The lowest BCUT2D eigenvalue weighted by Gasteiger charge is -2.18.